The van der Waals surface area contributed by atoms with E-state index in [1.54, 1.807) is 7.11 Å². The van der Waals surface area contributed by atoms with E-state index >= 15 is 0 Å². The number of nitriles is 1. The lowest BCUT2D eigenvalue weighted by Gasteiger charge is -2.24. The lowest BCUT2D eigenvalue weighted by Crippen LogP contribution is -2.21. The van der Waals surface area contributed by atoms with E-state index in [0.717, 1.165) is 28.1 Å². The molecule has 0 saturated heterocycles. The average Bonchev–Trinajstić information content (AvgIpc) is 3.22. The monoisotopic (exact) mass is 431 g/mol. The SMILES string of the molecule is CCOc1ccc(-c2[nH]nc3c2[C@@H](c2ccc(N(C)C)cc2)C(C#N)=C(N)O3)cc1OC. The minimum absolute atomic E-state index is 0.0593. The third-order valence-corrected chi connectivity index (χ3v) is 5.43. The van der Waals surface area contributed by atoms with Crippen LogP contribution in [0, 0.1) is 11.3 Å². The second kappa shape index (κ2) is 8.55. The highest BCUT2D eigenvalue weighted by atomic mass is 16.5. The number of anilines is 1. The van der Waals surface area contributed by atoms with Gasteiger partial charge in [0.2, 0.25) is 11.8 Å². The van der Waals surface area contributed by atoms with Gasteiger partial charge in [-0.1, -0.05) is 12.1 Å². The molecular weight excluding hydrogens is 406 g/mol. The molecule has 1 aromatic heterocycles. The molecule has 1 aliphatic rings. The molecule has 164 valence electrons. The second-order valence-electron chi connectivity index (χ2n) is 7.53. The number of ether oxygens (including phenoxy) is 3. The zero-order valence-corrected chi connectivity index (χ0v) is 18.5. The van der Waals surface area contributed by atoms with Gasteiger partial charge in [-0.25, -0.2) is 0 Å². The minimum Gasteiger partial charge on any atom is -0.493 e. The van der Waals surface area contributed by atoms with Gasteiger partial charge in [-0.3, -0.25) is 5.10 Å². The lowest BCUT2D eigenvalue weighted by atomic mass is 9.83. The molecule has 2 aromatic carbocycles. The van der Waals surface area contributed by atoms with Crippen molar-refractivity contribution in [1.29, 1.82) is 5.26 Å². The third-order valence-electron chi connectivity index (χ3n) is 5.43. The number of allylic oxidation sites excluding steroid dienone is 1. The molecule has 0 fully saturated rings. The van der Waals surface area contributed by atoms with Crippen LogP contribution >= 0.6 is 0 Å². The molecule has 3 N–H and O–H groups in total. The molecule has 1 aliphatic heterocycles. The van der Waals surface area contributed by atoms with E-state index in [1.165, 1.54) is 0 Å². The first-order valence-corrected chi connectivity index (χ1v) is 10.2. The van der Waals surface area contributed by atoms with Crippen molar-refractivity contribution < 1.29 is 14.2 Å². The van der Waals surface area contributed by atoms with Crippen LogP contribution in [0.15, 0.2) is 53.9 Å². The molecule has 0 aliphatic carbocycles. The van der Waals surface area contributed by atoms with Crippen molar-refractivity contribution in [1.82, 2.24) is 10.2 Å². The predicted octanol–water partition coefficient (Wildman–Crippen LogP) is 3.77. The van der Waals surface area contributed by atoms with Gasteiger partial charge >= 0.3 is 0 Å². The highest BCUT2D eigenvalue weighted by molar-refractivity contribution is 5.73. The Bertz CT molecular complexity index is 1210. The summed E-state index contributed by atoms with van der Waals surface area (Å²) in [5, 5.41) is 17.3. The van der Waals surface area contributed by atoms with Gasteiger partial charge < -0.3 is 24.8 Å². The van der Waals surface area contributed by atoms with E-state index in [0.29, 0.717) is 29.6 Å². The van der Waals surface area contributed by atoms with Crippen molar-refractivity contribution >= 4 is 5.69 Å². The number of hydrogen-bond acceptors (Lipinski definition) is 7. The Kier molecular flexibility index (Phi) is 5.65. The van der Waals surface area contributed by atoms with Crippen LogP contribution in [0.2, 0.25) is 0 Å². The zero-order chi connectivity index (χ0) is 22.8. The Labute approximate surface area is 186 Å². The third kappa shape index (κ3) is 3.58. The molecule has 0 unspecified atom stereocenters. The zero-order valence-electron chi connectivity index (χ0n) is 18.5. The van der Waals surface area contributed by atoms with Gasteiger partial charge in [-0.2, -0.15) is 5.26 Å². The summed E-state index contributed by atoms with van der Waals surface area (Å²) in [5.41, 5.74) is 10.7. The normalized spacial score (nSPS) is 14.9. The van der Waals surface area contributed by atoms with Crippen molar-refractivity contribution in [3.05, 3.63) is 65.0 Å². The highest BCUT2D eigenvalue weighted by Gasteiger charge is 2.35. The fraction of sp³-hybridized carbons (Fsp3) is 0.250. The van der Waals surface area contributed by atoms with E-state index in [9.17, 15) is 5.26 Å². The standard InChI is InChI=1S/C24H25N5O3/c1-5-31-18-11-8-15(12-19(18)30-4)22-21-20(14-6-9-16(10-7-14)29(2)3)17(13-25)23(26)32-24(21)28-27-22/h6-12,20H,5,26H2,1-4H3,(H,27,28)/t20-/m0/s1. The summed E-state index contributed by atoms with van der Waals surface area (Å²) in [4.78, 5) is 2.02. The molecule has 1 atom stereocenters. The summed E-state index contributed by atoms with van der Waals surface area (Å²) < 4.78 is 16.8. The number of hydrogen-bond donors (Lipinski definition) is 2. The predicted molar refractivity (Wildman–Crippen MR) is 122 cm³/mol. The van der Waals surface area contributed by atoms with E-state index in [-0.39, 0.29) is 5.88 Å². The van der Waals surface area contributed by atoms with E-state index in [4.69, 9.17) is 19.9 Å². The van der Waals surface area contributed by atoms with Crippen molar-refractivity contribution in [3.63, 3.8) is 0 Å². The molecule has 3 aromatic rings. The smallest absolute Gasteiger partial charge is 0.244 e. The Morgan fingerprint density at radius 3 is 2.56 bits per heavy atom. The first-order chi connectivity index (χ1) is 15.5. The van der Waals surface area contributed by atoms with Crippen LogP contribution in [0.4, 0.5) is 5.69 Å². The van der Waals surface area contributed by atoms with Crippen LogP contribution in [-0.2, 0) is 0 Å². The summed E-state index contributed by atoms with van der Waals surface area (Å²) in [6.45, 7) is 2.45. The van der Waals surface area contributed by atoms with E-state index in [2.05, 4.69) is 16.3 Å². The molecule has 4 rings (SSSR count). The maximum absolute atomic E-state index is 9.89. The Morgan fingerprint density at radius 2 is 1.94 bits per heavy atom. The maximum atomic E-state index is 9.89. The second-order valence-corrected chi connectivity index (χ2v) is 7.53. The Hall–Kier alpha value is -4.12. The van der Waals surface area contributed by atoms with Gasteiger partial charge in [-0.15, -0.1) is 5.10 Å². The Balaban J connectivity index is 1.86. The number of H-pyrrole nitrogens is 1. The van der Waals surface area contributed by atoms with Crippen LogP contribution < -0.4 is 24.8 Å². The fourth-order valence-electron chi connectivity index (χ4n) is 3.86. The van der Waals surface area contributed by atoms with Gasteiger partial charge in [0.15, 0.2) is 11.5 Å². The number of nitrogens with zero attached hydrogens (tertiary/aromatic N) is 3. The van der Waals surface area contributed by atoms with E-state index < -0.39 is 5.92 Å². The van der Waals surface area contributed by atoms with Crippen LogP contribution in [0.5, 0.6) is 17.4 Å². The molecule has 8 nitrogen and oxygen atoms in total. The number of rotatable bonds is 6. The largest absolute Gasteiger partial charge is 0.493 e. The molecule has 2 heterocycles. The van der Waals surface area contributed by atoms with Crippen molar-refractivity contribution in [2.75, 3.05) is 32.7 Å². The summed E-state index contributed by atoms with van der Waals surface area (Å²) in [5.74, 6) is 1.24. The molecule has 32 heavy (non-hydrogen) atoms. The number of nitrogens with two attached hydrogens (primary N) is 1. The number of aromatic nitrogens is 2. The van der Waals surface area contributed by atoms with Crippen LogP contribution in [-0.4, -0.2) is 38.0 Å². The topological polar surface area (TPSA) is 109 Å². The average molecular weight is 431 g/mol. The van der Waals surface area contributed by atoms with Gasteiger partial charge in [0.1, 0.15) is 11.6 Å². The molecule has 0 saturated carbocycles. The first-order valence-electron chi connectivity index (χ1n) is 10.2. The summed E-state index contributed by atoms with van der Waals surface area (Å²) in [7, 11) is 5.56. The molecule has 0 amide bonds. The minimum atomic E-state index is -0.425. The number of fused-ring (bicyclic) bond motifs is 1. The van der Waals surface area contributed by atoms with Gasteiger partial charge in [0.05, 0.1) is 30.9 Å². The number of nitrogens with one attached hydrogen (secondary N) is 1. The molecular formula is C24H25N5O3. The fourth-order valence-corrected chi connectivity index (χ4v) is 3.86. The first kappa shape index (κ1) is 21.1. The molecule has 0 spiro atoms. The van der Waals surface area contributed by atoms with Crippen LogP contribution in [0.3, 0.4) is 0 Å². The summed E-state index contributed by atoms with van der Waals surface area (Å²) in [6.07, 6.45) is 0. The van der Waals surface area contributed by atoms with Crippen molar-refractivity contribution in [2.24, 2.45) is 5.73 Å². The number of aromatic amines is 1. The number of methoxy groups -OCH3 is 1. The maximum Gasteiger partial charge on any atom is 0.244 e. The van der Waals surface area contributed by atoms with Crippen LogP contribution in [0.1, 0.15) is 24.0 Å². The molecule has 0 bridgehead atoms. The molecule has 8 heteroatoms. The lowest BCUT2D eigenvalue weighted by molar-refractivity contribution is 0.311. The number of benzene rings is 2. The van der Waals surface area contributed by atoms with Crippen LogP contribution in [0.25, 0.3) is 11.3 Å². The summed E-state index contributed by atoms with van der Waals surface area (Å²) >= 11 is 0. The molecule has 0 radical (unpaired) electrons. The quantitative estimate of drug-likeness (QED) is 0.611. The van der Waals surface area contributed by atoms with Gasteiger partial charge in [0, 0.05) is 25.3 Å². The van der Waals surface area contributed by atoms with Crippen molar-refractivity contribution in [3.8, 4) is 34.7 Å². The summed E-state index contributed by atoms with van der Waals surface area (Å²) in [6, 6.07) is 15.9. The highest BCUT2D eigenvalue weighted by Crippen LogP contribution is 2.46. The van der Waals surface area contributed by atoms with Crippen molar-refractivity contribution in [2.45, 2.75) is 12.8 Å². The van der Waals surface area contributed by atoms with Gasteiger partial charge in [0.25, 0.3) is 0 Å². The Morgan fingerprint density at radius 1 is 1.19 bits per heavy atom. The van der Waals surface area contributed by atoms with E-state index in [1.807, 2.05) is 68.4 Å². The van der Waals surface area contributed by atoms with Gasteiger partial charge in [-0.05, 0) is 42.8 Å².